The summed E-state index contributed by atoms with van der Waals surface area (Å²) in [5.74, 6) is 1.21. The summed E-state index contributed by atoms with van der Waals surface area (Å²) in [4.78, 5) is 6.79. The Morgan fingerprint density at radius 3 is 2.52 bits per heavy atom. The van der Waals surface area contributed by atoms with Crippen molar-refractivity contribution in [3.05, 3.63) is 71.6 Å². The summed E-state index contributed by atoms with van der Waals surface area (Å²) in [5, 5.41) is 3.98. The van der Waals surface area contributed by atoms with E-state index in [0.29, 0.717) is 17.8 Å². The molecular formula is C22H25N3O2. The van der Waals surface area contributed by atoms with Gasteiger partial charge in [0.25, 0.3) is 0 Å². The van der Waals surface area contributed by atoms with Crippen LogP contribution < -0.4 is 0 Å². The van der Waals surface area contributed by atoms with E-state index in [1.807, 2.05) is 12.1 Å². The van der Waals surface area contributed by atoms with Gasteiger partial charge in [-0.1, -0.05) is 59.8 Å². The van der Waals surface area contributed by atoms with Crippen molar-refractivity contribution in [2.45, 2.75) is 32.4 Å². The molecule has 5 nitrogen and oxygen atoms in total. The first kappa shape index (κ1) is 17.9. The van der Waals surface area contributed by atoms with Gasteiger partial charge in [-0.15, -0.1) is 0 Å². The van der Waals surface area contributed by atoms with Gasteiger partial charge in [-0.05, 0) is 24.5 Å². The molecule has 1 unspecified atom stereocenters. The van der Waals surface area contributed by atoms with Crippen molar-refractivity contribution >= 4 is 0 Å². The van der Waals surface area contributed by atoms with Gasteiger partial charge in [0, 0.05) is 31.6 Å². The lowest BCUT2D eigenvalue weighted by molar-refractivity contribution is 0.0605. The molecule has 2 aromatic carbocycles. The fraction of sp³-hybridized carbons (Fsp3) is 0.364. The minimum absolute atomic E-state index is 0.124. The van der Waals surface area contributed by atoms with Crippen LogP contribution in [0.5, 0.6) is 0 Å². The Hall–Kier alpha value is -2.50. The van der Waals surface area contributed by atoms with E-state index < -0.39 is 0 Å². The lowest BCUT2D eigenvalue weighted by atomic mass is 10.0. The molecule has 0 spiro atoms. The molecule has 0 N–H and O–H groups in total. The summed E-state index contributed by atoms with van der Waals surface area (Å²) in [5.41, 5.74) is 3.52. The topological polar surface area (TPSA) is 51.4 Å². The van der Waals surface area contributed by atoms with Gasteiger partial charge in [0.15, 0.2) is 0 Å². The number of hydrogen-bond donors (Lipinski definition) is 0. The van der Waals surface area contributed by atoms with Crippen LogP contribution in [-0.4, -0.2) is 34.7 Å². The number of ether oxygens (including phenoxy) is 1. The second-order valence-electron chi connectivity index (χ2n) is 7.03. The summed E-state index contributed by atoms with van der Waals surface area (Å²) in [7, 11) is 0. The summed E-state index contributed by atoms with van der Waals surface area (Å²) in [6.07, 6.45) is 1.11. The zero-order valence-electron chi connectivity index (χ0n) is 15.8. The number of benzene rings is 2. The maximum atomic E-state index is 6.16. The molecule has 4 rings (SSSR count). The smallest absolute Gasteiger partial charge is 0.223 e. The Bertz CT molecular complexity index is 861. The standard InChI is InChI=1S/C22H25N3O2/c1-16(18-6-4-3-5-7-18)25-13-12-21(26-15-14-25)19-8-10-20(11-9-19)22-23-17(2)27-24-22/h3-11,16,21H,12-15H2,1-2H3/t16-,21?/m1/s1. The molecule has 2 heterocycles. The largest absolute Gasteiger partial charge is 0.372 e. The second-order valence-corrected chi connectivity index (χ2v) is 7.03. The number of nitrogens with zero attached hydrogens (tertiary/aromatic N) is 3. The van der Waals surface area contributed by atoms with Crippen molar-refractivity contribution in [1.82, 2.24) is 15.0 Å². The Balaban J connectivity index is 1.42. The van der Waals surface area contributed by atoms with Crippen LogP contribution in [0.3, 0.4) is 0 Å². The van der Waals surface area contributed by atoms with E-state index in [-0.39, 0.29) is 6.10 Å². The normalized spacial score (nSPS) is 19.6. The van der Waals surface area contributed by atoms with E-state index in [0.717, 1.165) is 31.7 Å². The van der Waals surface area contributed by atoms with Crippen LogP contribution in [-0.2, 0) is 4.74 Å². The minimum atomic E-state index is 0.124. The number of aromatic nitrogens is 2. The molecule has 0 amide bonds. The number of aryl methyl sites for hydroxylation is 1. The van der Waals surface area contributed by atoms with Gasteiger partial charge in [0.2, 0.25) is 11.7 Å². The van der Waals surface area contributed by atoms with Crippen LogP contribution in [0.15, 0.2) is 59.1 Å². The van der Waals surface area contributed by atoms with E-state index in [1.54, 1.807) is 6.92 Å². The second kappa shape index (κ2) is 8.03. The van der Waals surface area contributed by atoms with Crippen LogP contribution in [0.1, 0.15) is 42.5 Å². The molecule has 3 aromatic rings. The molecule has 1 fully saturated rings. The van der Waals surface area contributed by atoms with Crippen LogP contribution in [0, 0.1) is 6.92 Å². The van der Waals surface area contributed by atoms with Crippen molar-refractivity contribution < 1.29 is 9.26 Å². The van der Waals surface area contributed by atoms with E-state index in [4.69, 9.17) is 9.26 Å². The Morgan fingerprint density at radius 2 is 1.81 bits per heavy atom. The molecule has 1 saturated heterocycles. The van der Waals surface area contributed by atoms with Crippen LogP contribution in [0.4, 0.5) is 0 Å². The van der Waals surface area contributed by atoms with Gasteiger partial charge in [-0.25, -0.2) is 0 Å². The van der Waals surface area contributed by atoms with Gasteiger partial charge in [-0.2, -0.15) is 4.98 Å². The zero-order chi connectivity index (χ0) is 18.6. The molecule has 1 aliphatic rings. The Kier molecular flexibility index (Phi) is 5.32. The molecule has 0 bridgehead atoms. The summed E-state index contributed by atoms with van der Waals surface area (Å²) in [6, 6.07) is 19.4. The third kappa shape index (κ3) is 4.10. The van der Waals surface area contributed by atoms with Gasteiger partial charge in [-0.3, -0.25) is 4.90 Å². The molecule has 1 aromatic heterocycles. The molecule has 1 aliphatic heterocycles. The average molecular weight is 363 g/mol. The zero-order valence-corrected chi connectivity index (χ0v) is 15.8. The van der Waals surface area contributed by atoms with Crippen molar-refractivity contribution in [2.24, 2.45) is 0 Å². The molecule has 5 heteroatoms. The molecule has 27 heavy (non-hydrogen) atoms. The highest BCUT2D eigenvalue weighted by Crippen LogP contribution is 2.29. The van der Waals surface area contributed by atoms with Crippen LogP contribution in [0.25, 0.3) is 11.4 Å². The molecule has 0 aliphatic carbocycles. The highest BCUT2D eigenvalue weighted by atomic mass is 16.5. The highest BCUT2D eigenvalue weighted by molar-refractivity contribution is 5.54. The first-order valence-corrected chi connectivity index (χ1v) is 9.52. The van der Waals surface area contributed by atoms with Crippen molar-refractivity contribution in [3.63, 3.8) is 0 Å². The van der Waals surface area contributed by atoms with Gasteiger partial charge in [0.05, 0.1) is 12.7 Å². The molecular weight excluding hydrogens is 338 g/mol. The van der Waals surface area contributed by atoms with E-state index >= 15 is 0 Å². The van der Waals surface area contributed by atoms with E-state index in [9.17, 15) is 0 Å². The van der Waals surface area contributed by atoms with E-state index in [2.05, 4.69) is 64.4 Å². The lowest BCUT2D eigenvalue weighted by Crippen LogP contribution is -2.29. The van der Waals surface area contributed by atoms with Gasteiger partial charge in [0.1, 0.15) is 0 Å². The fourth-order valence-electron chi connectivity index (χ4n) is 3.65. The maximum absolute atomic E-state index is 6.16. The number of rotatable bonds is 4. The Morgan fingerprint density at radius 1 is 1.04 bits per heavy atom. The molecule has 140 valence electrons. The van der Waals surface area contributed by atoms with Crippen LogP contribution >= 0.6 is 0 Å². The van der Waals surface area contributed by atoms with Crippen molar-refractivity contribution in [3.8, 4) is 11.4 Å². The van der Waals surface area contributed by atoms with Crippen molar-refractivity contribution in [1.29, 1.82) is 0 Å². The Labute approximate surface area is 160 Å². The molecule has 2 atom stereocenters. The average Bonchev–Trinajstić information content (AvgIpc) is 3.00. The fourth-order valence-corrected chi connectivity index (χ4v) is 3.65. The maximum Gasteiger partial charge on any atom is 0.223 e. The van der Waals surface area contributed by atoms with Gasteiger partial charge >= 0.3 is 0 Å². The SMILES string of the molecule is Cc1nc(-c2ccc(C3CCN([C@H](C)c4ccccc4)CCO3)cc2)no1. The predicted molar refractivity (Wildman–Crippen MR) is 104 cm³/mol. The summed E-state index contributed by atoms with van der Waals surface area (Å²) >= 11 is 0. The summed E-state index contributed by atoms with van der Waals surface area (Å²) < 4.78 is 11.2. The molecule has 0 saturated carbocycles. The van der Waals surface area contributed by atoms with Gasteiger partial charge < -0.3 is 9.26 Å². The summed E-state index contributed by atoms with van der Waals surface area (Å²) in [6.45, 7) is 6.79. The first-order chi connectivity index (χ1) is 13.2. The molecule has 0 radical (unpaired) electrons. The van der Waals surface area contributed by atoms with E-state index in [1.165, 1.54) is 11.1 Å². The predicted octanol–water partition coefficient (Wildman–Crippen LogP) is 4.57. The minimum Gasteiger partial charge on any atom is -0.372 e. The van der Waals surface area contributed by atoms with Crippen LogP contribution in [0.2, 0.25) is 0 Å². The quantitative estimate of drug-likeness (QED) is 0.680. The number of hydrogen-bond acceptors (Lipinski definition) is 5. The third-order valence-electron chi connectivity index (χ3n) is 5.27. The first-order valence-electron chi connectivity index (χ1n) is 9.52. The monoisotopic (exact) mass is 363 g/mol. The third-order valence-corrected chi connectivity index (χ3v) is 5.27. The lowest BCUT2D eigenvalue weighted by Gasteiger charge is -2.27. The highest BCUT2D eigenvalue weighted by Gasteiger charge is 2.23. The van der Waals surface area contributed by atoms with Crippen molar-refractivity contribution in [2.75, 3.05) is 19.7 Å².